The molecular formula is C19H22N4O3. The smallest absolute Gasteiger partial charge is 0.257 e. The SMILES string of the molecule is CN(C)C(=O)c1cncnc1-c1ccc(CNC(=O)[C@@H]2CCCO2)cc1. The molecule has 0 saturated carbocycles. The molecule has 2 heterocycles. The molecule has 1 aromatic carbocycles. The summed E-state index contributed by atoms with van der Waals surface area (Å²) in [6, 6.07) is 7.61. The molecule has 0 aliphatic carbocycles. The molecule has 0 spiro atoms. The summed E-state index contributed by atoms with van der Waals surface area (Å²) in [5.74, 6) is -0.213. The van der Waals surface area contributed by atoms with Crippen molar-refractivity contribution in [1.29, 1.82) is 0 Å². The first-order valence-electron chi connectivity index (χ1n) is 8.56. The van der Waals surface area contributed by atoms with Gasteiger partial charge in [-0.05, 0) is 18.4 Å². The number of hydrogen-bond donors (Lipinski definition) is 1. The highest BCUT2D eigenvalue weighted by Crippen LogP contribution is 2.22. The molecule has 26 heavy (non-hydrogen) atoms. The quantitative estimate of drug-likeness (QED) is 0.882. The van der Waals surface area contributed by atoms with Crippen LogP contribution in [0.3, 0.4) is 0 Å². The molecule has 1 aliphatic heterocycles. The van der Waals surface area contributed by atoms with Crippen molar-refractivity contribution >= 4 is 11.8 Å². The summed E-state index contributed by atoms with van der Waals surface area (Å²) in [6.45, 7) is 1.09. The number of nitrogens with one attached hydrogen (secondary N) is 1. The second-order valence-electron chi connectivity index (χ2n) is 6.40. The summed E-state index contributed by atoms with van der Waals surface area (Å²) in [5, 5.41) is 2.89. The fourth-order valence-corrected chi connectivity index (χ4v) is 2.82. The third-order valence-corrected chi connectivity index (χ3v) is 4.27. The number of nitrogens with zero attached hydrogens (tertiary/aromatic N) is 3. The summed E-state index contributed by atoms with van der Waals surface area (Å²) < 4.78 is 5.37. The molecule has 0 unspecified atom stereocenters. The van der Waals surface area contributed by atoms with Gasteiger partial charge in [-0.2, -0.15) is 0 Å². The predicted molar refractivity (Wildman–Crippen MR) is 96.3 cm³/mol. The standard InChI is InChI=1S/C19H22N4O3/c1-23(2)19(25)15-11-20-12-22-17(15)14-7-5-13(6-8-14)10-21-18(24)16-4-3-9-26-16/h5-8,11-12,16H,3-4,9-10H2,1-2H3,(H,21,24)/t16-/m0/s1. The maximum atomic E-state index is 12.3. The van der Waals surface area contributed by atoms with E-state index in [1.165, 1.54) is 17.4 Å². The van der Waals surface area contributed by atoms with Crippen LogP contribution in [0.2, 0.25) is 0 Å². The van der Waals surface area contributed by atoms with Gasteiger partial charge in [-0.15, -0.1) is 0 Å². The van der Waals surface area contributed by atoms with Crippen molar-refractivity contribution in [2.24, 2.45) is 0 Å². The van der Waals surface area contributed by atoms with E-state index in [0.29, 0.717) is 24.4 Å². The van der Waals surface area contributed by atoms with Crippen molar-refractivity contribution in [2.45, 2.75) is 25.5 Å². The Morgan fingerprint density at radius 2 is 2.04 bits per heavy atom. The van der Waals surface area contributed by atoms with Crippen molar-refractivity contribution < 1.29 is 14.3 Å². The zero-order valence-electron chi connectivity index (χ0n) is 14.9. The van der Waals surface area contributed by atoms with Gasteiger partial charge < -0.3 is 15.0 Å². The number of amides is 2. The second-order valence-corrected chi connectivity index (χ2v) is 6.40. The highest BCUT2D eigenvalue weighted by atomic mass is 16.5. The molecule has 1 saturated heterocycles. The molecule has 1 atom stereocenters. The van der Waals surface area contributed by atoms with Crippen molar-refractivity contribution in [2.75, 3.05) is 20.7 Å². The van der Waals surface area contributed by atoms with Gasteiger partial charge in [0.1, 0.15) is 12.4 Å². The number of hydrogen-bond acceptors (Lipinski definition) is 5. The Balaban J connectivity index is 1.70. The van der Waals surface area contributed by atoms with E-state index in [2.05, 4.69) is 15.3 Å². The number of aromatic nitrogens is 2. The van der Waals surface area contributed by atoms with Gasteiger partial charge in [0.2, 0.25) is 5.91 Å². The van der Waals surface area contributed by atoms with Crippen molar-refractivity contribution in [3.05, 3.63) is 47.9 Å². The van der Waals surface area contributed by atoms with E-state index in [4.69, 9.17) is 4.74 Å². The lowest BCUT2D eigenvalue weighted by atomic mass is 10.0. The average molecular weight is 354 g/mol. The highest BCUT2D eigenvalue weighted by molar-refractivity contribution is 5.99. The maximum absolute atomic E-state index is 12.3. The van der Waals surface area contributed by atoms with E-state index >= 15 is 0 Å². The van der Waals surface area contributed by atoms with Crippen LogP contribution in [0.1, 0.15) is 28.8 Å². The van der Waals surface area contributed by atoms with Gasteiger partial charge in [0, 0.05) is 39.0 Å². The van der Waals surface area contributed by atoms with E-state index in [1.54, 1.807) is 14.1 Å². The molecule has 136 valence electrons. The lowest BCUT2D eigenvalue weighted by Crippen LogP contribution is -2.33. The molecule has 2 aromatic rings. The Morgan fingerprint density at radius 3 is 2.69 bits per heavy atom. The fraction of sp³-hybridized carbons (Fsp3) is 0.368. The Kier molecular flexibility index (Phi) is 5.58. The van der Waals surface area contributed by atoms with Crippen molar-refractivity contribution in [3.8, 4) is 11.3 Å². The molecule has 7 heteroatoms. The molecule has 1 fully saturated rings. The lowest BCUT2D eigenvalue weighted by molar-refractivity contribution is -0.130. The number of carbonyl (C=O) groups is 2. The van der Waals surface area contributed by atoms with E-state index in [9.17, 15) is 9.59 Å². The van der Waals surface area contributed by atoms with Crippen molar-refractivity contribution in [1.82, 2.24) is 20.2 Å². The number of benzene rings is 1. The monoisotopic (exact) mass is 354 g/mol. The van der Waals surface area contributed by atoms with Crippen LogP contribution in [0.5, 0.6) is 0 Å². The van der Waals surface area contributed by atoms with Gasteiger partial charge in [-0.1, -0.05) is 24.3 Å². The normalized spacial score (nSPS) is 16.3. The first-order valence-corrected chi connectivity index (χ1v) is 8.56. The Morgan fingerprint density at radius 1 is 1.27 bits per heavy atom. The summed E-state index contributed by atoms with van der Waals surface area (Å²) in [6.07, 6.45) is 4.34. The summed E-state index contributed by atoms with van der Waals surface area (Å²) in [5.41, 5.74) is 2.84. The summed E-state index contributed by atoms with van der Waals surface area (Å²) >= 11 is 0. The first-order chi connectivity index (χ1) is 12.6. The van der Waals surface area contributed by atoms with Gasteiger partial charge in [-0.3, -0.25) is 9.59 Å². The maximum Gasteiger partial charge on any atom is 0.257 e. The van der Waals surface area contributed by atoms with Crippen LogP contribution in [0, 0.1) is 0 Å². The second kappa shape index (κ2) is 8.05. The van der Waals surface area contributed by atoms with Gasteiger partial charge in [-0.25, -0.2) is 9.97 Å². The molecule has 1 N–H and O–H groups in total. The van der Waals surface area contributed by atoms with E-state index < -0.39 is 0 Å². The Hall–Kier alpha value is -2.80. The fourth-order valence-electron chi connectivity index (χ4n) is 2.82. The number of ether oxygens (including phenoxy) is 1. The summed E-state index contributed by atoms with van der Waals surface area (Å²) in [4.78, 5) is 34.0. The molecule has 0 radical (unpaired) electrons. The van der Waals surface area contributed by atoms with Crippen LogP contribution in [-0.2, 0) is 16.1 Å². The minimum Gasteiger partial charge on any atom is -0.368 e. The van der Waals surface area contributed by atoms with Crippen molar-refractivity contribution in [3.63, 3.8) is 0 Å². The van der Waals surface area contributed by atoms with Gasteiger partial charge >= 0.3 is 0 Å². The topological polar surface area (TPSA) is 84.4 Å². The van der Waals surface area contributed by atoms with E-state index in [1.807, 2.05) is 24.3 Å². The molecule has 7 nitrogen and oxygen atoms in total. The highest BCUT2D eigenvalue weighted by Gasteiger charge is 2.23. The number of carbonyl (C=O) groups excluding carboxylic acids is 2. The third-order valence-electron chi connectivity index (χ3n) is 4.27. The molecular weight excluding hydrogens is 332 g/mol. The van der Waals surface area contributed by atoms with Crippen LogP contribution in [0.15, 0.2) is 36.8 Å². The van der Waals surface area contributed by atoms with Gasteiger partial charge in [0.05, 0.1) is 11.3 Å². The molecule has 0 bridgehead atoms. The largest absolute Gasteiger partial charge is 0.368 e. The minimum absolute atomic E-state index is 0.0683. The molecule has 2 amide bonds. The van der Waals surface area contributed by atoms with Crippen LogP contribution >= 0.6 is 0 Å². The zero-order valence-corrected chi connectivity index (χ0v) is 14.9. The Bertz CT molecular complexity index is 784. The molecule has 3 rings (SSSR count). The third kappa shape index (κ3) is 4.05. The average Bonchev–Trinajstić information content (AvgIpc) is 3.21. The minimum atomic E-state index is -0.324. The van der Waals surface area contributed by atoms with E-state index in [-0.39, 0.29) is 17.9 Å². The number of rotatable bonds is 5. The first kappa shape index (κ1) is 18.0. The van der Waals surface area contributed by atoms with Gasteiger partial charge in [0.25, 0.3) is 5.91 Å². The van der Waals surface area contributed by atoms with Crippen LogP contribution in [0.25, 0.3) is 11.3 Å². The Labute approximate surface area is 152 Å². The molecule has 1 aliphatic rings. The van der Waals surface area contributed by atoms with E-state index in [0.717, 1.165) is 24.0 Å². The van der Waals surface area contributed by atoms with Crippen LogP contribution < -0.4 is 5.32 Å². The summed E-state index contributed by atoms with van der Waals surface area (Å²) in [7, 11) is 3.39. The molecule has 1 aromatic heterocycles. The van der Waals surface area contributed by atoms with Crippen LogP contribution in [0.4, 0.5) is 0 Å². The lowest BCUT2D eigenvalue weighted by Gasteiger charge is -2.13. The zero-order chi connectivity index (χ0) is 18.5. The van der Waals surface area contributed by atoms with Crippen LogP contribution in [-0.4, -0.2) is 53.5 Å². The van der Waals surface area contributed by atoms with Gasteiger partial charge in [0.15, 0.2) is 0 Å². The predicted octanol–water partition coefficient (Wildman–Crippen LogP) is 1.64.